The van der Waals surface area contributed by atoms with Crippen LogP contribution in [0.25, 0.3) is 6.08 Å². The van der Waals surface area contributed by atoms with E-state index in [2.05, 4.69) is 5.32 Å². The molecule has 1 amide bonds. The first kappa shape index (κ1) is 17.8. The lowest BCUT2D eigenvalue weighted by Gasteiger charge is -2.09. The molecule has 24 heavy (non-hydrogen) atoms. The maximum Gasteiger partial charge on any atom is 0.244 e. The van der Waals surface area contributed by atoms with Crippen molar-refractivity contribution in [1.82, 2.24) is 10.2 Å². The monoisotopic (exact) mass is 324 g/mol. The first-order chi connectivity index (χ1) is 11.6. The van der Waals surface area contributed by atoms with Crippen molar-refractivity contribution in [2.24, 2.45) is 0 Å². The highest BCUT2D eigenvalue weighted by Gasteiger charge is 1.98. The van der Waals surface area contributed by atoms with E-state index in [1.54, 1.807) is 12.2 Å². The van der Waals surface area contributed by atoms with E-state index in [1.807, 2.05) is 73.6 Å². The van der Waals surface area contributed by atoms with Gasteiger partial charge in [0.05, 0.1) is 0 Å². The standard InChI is InChI=1S/C20H24N2O2/c1-22(2)14-13-21-20(23)12-11-17-9-6-10-19(15-17)24-16-18-7-4-3-5-8-18/h3-12,15H,13-14,16H2,1-2H3,(H,21,23)/b12-11+. The van der Waals surface area contributed by atoms with Gasteiger partial charge in [0.25, 0.3) is 0 Å². The molecule has 0 bridgehead atoms. The Morgan fingerprint density at radius 2 is 1.92 bits per heavy atom. The van der Waals surface area contributed by atoms with Crippen LogP contribution in [-0.2, 0) is 11.4 Å². The number of carbonyl (C=O) groups excluding carboxylic acids is 1. The largest absolute Gasteiger partial charge is 0.489 e. The van der Waals surface area contributed by atoms with Gasteiger partial charge in [-0.05, 0) is 43.4 Å². The summed E-state index contributed by atoms with van der Waals surface area (Å²) in [6, 6.07) is 17.7. The van der Waals surface area contributed by atoms with Gasteiger partial charge < -0.3 is 15.0 Å². The van der Waals surface area contributed by atoms with Crippen LogP contribution in [0.5, 0.6) is 5.75 Å². The highest BCUT2D eigenvalue weighted by molar-refractivity contribution is 5.91. The molecule has 0 aromatic heterocycles. The van der Waals surface area contributed by atoms with E-state index in [4.69, 9.17) is 4.74 Å². The van der Waals surface area contributed by atoms with Gasteiger partial charge in [-0.3, -0.25) is 4.79 Å². The van der Waals surface area contributed by atoms with Gasteiger partial charge in [-0.1, -0.05) is 42.5 Å². The molecule has 0 spiro atoms. The Morgan fingerprint density at radius 3 is 2.67 bits per heavy atom. The topological polar surface area (TPSA) is 41.6 Å². The summed E-state index contributed by atoms with van der Waals surface area (Å²) in [5.74, 6) is 0.696. The Hall–Kier alpha value is -2.59. The Bertz CT molecular complexity index is 666. The molecule has 0 radical (unpaired) electrons. The summed E-state index contributed by atoms with van der Waals surface area (Å²) < 4.78 is 5.79. The predicted octanol–water partition coefficient (Wildman–Crippen LogP) is 2.96. The smallest absolute Gasteiger partial charge is 0.244 e. The van der Waals surface area contributed by atoms with Crippen molar-refractivity contribution in [2.75, 3.05) is 27.2 Å². The zero-order chi connectivity index (χ0) is 17.2. The summed E-state index contributed by atoms with van der Waals surface area (Å²) >= 11 is 0. The number of amides is 1. The summed E-state index contributed by atoms with van der Waals surface area (Å²) in [5, 5.41) is 2.85. The molecule has 0 aliphatic carbocycles. The van der Waals surface area contributed by atoms with Crippen molar-refractivity contribution in [3.63, 3.8) is 0 Å². The molecule has 0 atom stereocenters. The van der Waals surface area contributed by atoms with Crippen LogP contribution in [-0.4, -0.2) is 38.0 Å². The Labute approximate surface area is 143 Å². The van der Waals surface area contributed by atoms with E-state index in [-0.39, 0.29) is 5.91 Å². The summed E-state index contributed by atoms with van der Waals surface area (Å²) in [6.07, 6.45) is 3.34. The lowest BCUT2D eigenvalue weighted by molar-refractivity contribution is -0.116. The van der Waals surface area contributed by atoms with Gasteiger partial charge in [0.1, 0.15) is 12.4 Å². The van der Waals surface area contributed by atoms with Crippen LogP contribution in [0.1, 0.15) is 11.1 Å². The maximum atomic E-state index is 11.7. The van der Waals surface area contributed by atoms with E-state index >= 15 is 0 Å². The lowest BCUT2D eigenvalue weighted by atomic mass is 10.2. The number of carbonyl (C=O) groups is 1. The number of ether oxygens (including phenoxy) is 1. The third-order valence-electron chi connectivity index (χ3n) is 3.39. The van der Waals surface area contributed by atoms with Gasteiger partial charge in [0.2, 0.25) is 5.91 Å². The van der Waals surface area contributed by atoms with Crippen LogP contribution in [0, 0.1) is 0 Å². The number of hydrogen-bond donors (Lipinski definition) is 1. The Balaban J connectivity index is 1.85. The van der Waals surface area contributed by atoms with Crippen molar-refractivity contribution in [2.45, 2.75) is 6.61 Å². The van der Waals surface area contributed by atoms with E-state index < -0.39 is 0 Å². The van der Waals surface area contributed by atoms with Gasteiger partial charge in [-0.15, -0.1) is 0 Å². The molecule has 4 nitrogen and oxygen atoms in total. The molecule has 0 unspecified atom stereocenters. The quantitative estimate of drug-likeness (QED) is 0.759. The second-order valence-electron chi connectivity index (χ2n) is 5.77. The van der Waals surface area contributed by atoms with Gasteiger partial charge >= 0.3 is 0 Å². The molecule has 4 heteroatoms. The van der Waals surface area contributed by atoms with Crippen molar-refractivity contribution in [3.8, 4) is 5.75 Å². The van der Waals surface area contributed by atoms with Gasteiger partial charge in [-0.2, -0.15) is 0 Å². The normalized spacial score (nSPS) is 11.0. The van der Waals surface area contributed by atoms with Crippen molar-refractivity contribution < 1.29 is 9.53 Å². The summed E-state index contributed by atoms with van der Waals surface area (Å²) in [4.78, 5) is 13.8. The molecule has 0 aliphatic rings. The molecule has 0 saturated heterocycles. The van der Waals surface area contributed by atoms with E-state index in [1.165, 1.54) is 0 Å². The summed E-state index contributed by atoms with van der Waals surface area (Å²) in [6.45, 7) is 1.98. The number of benzene rings is 2. The Kier molecular flexibility index (Phi) is 7.05. The fourth-order valence-corrected chi connectivity index (χ4v) is 2.08. The molecule has 0 saturated carbocycles. The molecule has 2 aromatic carbocycles. The third kappa shape index (κ3) is 6.67. The van der Waals surface area contributed by atoms with E-state index in [0.29, 0.717) is 13.2 Å². The zero-order valence-corrected chi connectivity index (χ0v) is 14.2. The first-order valence-electron chi connectivity index (χ1n) is 8.01. The van der Waals surface area contributed by atoms with Crippen LogP contribution >= 0.6 is 0 Å². The lowest BCUT2D eigenvalue weighted by Crippen LogP contribution is -2.30. The van der Waals surface area contributed by atoms with Crippen LogP contribution in [0.4, 0.5) is 0 Å². The van der Waals surface area contributed by atoms with Crippen molar-refractivity contribution in [3.05, 3.63) is 71.8 Å². The van der Waals surface area contributed by atoms with E-state index in [9.17, 15) is 4.79 Å². The molecule has 0 heterocycles. The highest BCUT2D eigenvalue weighted by atomic mass is 16.5. The number of nitrogens with one attached hydrogen (secondary N) is 1. The molecule has 0 fully saturated rings. The van der Waals surface area contributed by atoms with E-state index in [0.717, 1.165) is 23.4 Å². The van der Waals surface area contributed by atoms with Crippen LogP contribution < -0.4 is 10.1 Å². The summed E-state index contributed by atoms with van der Waals surface area (Å²) in [5.41, 5.74) is 2.06. The molecular weight excluding hydrogens is 300 g/mol. The second kappa shape index (κ2) is 9.53. The van der Waals surface area contributed by atoms with Crippen LogP contribution in [0.15, 0.2) is 60.7 Å². The highest BCUT2D eigenvalue weighted by Crippen LogP contribution is 2.16. The van der Waals surface area contributed by atoms with Crippen molar-refractivity contribution in [1.29, 1.82) is 0 Å². The average Bonchev–Trinajstić information content (AvgIpc) is 2.59. The maximum absolute atomic E-state index is 11.7. The minimum atomic E-state index is -0.0903. The zero-order valence-electron chi connectivity index (χ0n) is 14.2. The number of nitrogens with zero attached hydrogens (tertiary/aromatic N) is 1. The molecule has 1 N–H and O–H groups in total. The fourth-order valence-electron chi connectivity index (χ4n) is 2.08. The SMILES string of the molecule is CN(C)CCNC(=O)/C=C/c1cccc(OCc2ccccc2)c1. The number of rotatable bonds is 8. The van der Waals surface area contributed by atoms with Gasteiger partial charge in [0.15, 0.2) is 0 Å². The fraction of sp³-hybridized carbons (Fsp3) is 0.250. The molecule has 2 aromatic rings. The predicted molar refractivity (Wildman–Crippen MR) is 97.8 cm³/mol. The second-order valence-corrected chi connectivity index (χ2v) is 5.77. The molecule has 2 rings (SSSR count). The Morgan fingerprint density at radius 1 is 1.12 bits per heavy atom. The minimum Gasteiger partial charge on any atom is -0.489 e. The number of likely N-dealkylation sites (N-methyl/N-ethyl adjacent to an activating group) is 1. The first-order valence-corrected chi connectivity index (χ1v) is 8.01. The third-order valence-corrected chi connectivity index (χ3v) is 3.39. The molecular formula is C20H24N2O2. The van der Waals surface area contributed by atoms with Crippen LogP contribution in [0.3, 0.4) is 0 Å². The van der Waals surface area contributed by atoms with Crippen molar-refractivity contribution >= 4 is 12.0 Å². The van der Waals surface area contributed by atoms with Crippen LogP contribution in [0.2, 0.25) is 0 Å². The molecule has 0 aliphatic heterocycles. The molecule has 126 valence electrons. The average molecular weight is 324 g/mol. The van der Waals surface area contributed by atoms with Gasteiger partial charge in [0, 0.05) is 19.2 Å². The summed E-state index contributed by atoms with van der Waals surface area (Å²) in [7, 11) is 3.95. The van der Waals surface area contributed by atoms with Gasteiger partial charge in [-0.25, -0.2) is 0 Å². The minimum absolute atomic E-state index is 0.0903. The number of hydrogen-bond acceptors (Lipinski definition) is 3.